The number of hydrogen-bond acceptors (Lipinski definition) is 4. The molecule has 2 amide bonds. The molecule has 0 aliphatic heterocycles. The Morgan fingerprint density at radius 3 is 2.69 bits per heavy atom. The number of H-pyrrole nitrogens is 1. The number of carbonyl (C=O) groups excluding carboxylic acids is 2. The Morgan fingerprint density at radius 1 is 1.50 bits per heavy atom. The second kappa shape index (κ2) is 5.24. The van der Waals surface area contributed by atoms with Crippen molar-refractivity contribution in [3.8, 4) is 0 Å². The van der Waals surface area contributed by atoms with Crippen molar-refractivity contribution in [1.29, 1.82) is 0 Å². The zero-order valence-electron chi connectivity index (χ0n) is 9.50. The Kier molecular flexibility index (Phi) is 3.98. The van der Waals surface area contributed by atoms with Crippen LogP contribution in [0.25, 0.3) is 0 Å². The molecule has 0 aliphatic rings. The molecular weight excluding hydrogens is 210 g/mol. The zero-order valence-corrected chi connectivity index (χ0v) is 9.50. The van der Waals surface area contributed by atoms with Gasteiger partial charge in [-0.25, -0.2) is 4.98 Å². The maximum Gasteiger partial charge on any atom is 0.291 e. The van der Waals surface area contributed by atoms with E-state index in [0.717, 1.165) is 0 Å². The van der Waals surface area contributed by atoms with Crippen molar-refractivity contribution in [3.05, 3.63) is 11.6 Å². The molecule has 0 spiro atoms. The second-order valence-electron chi connectivity index (χ2n) is 3.27. The molecule has 1 atom stereocenters. The van der Waals surface area contributed by atoms with E-state index >= 15 is 0 Å². The normalized spacial score (nSPS) is 11.9. The molecule has 3 N–H and O–H groups in total. The summed E-state index contributed by atoms with van der Waals surface area (Å²) in [4.78, 5) is 26.7. The number of amides is 2. The van der Waals surface area contributed by atoms with Gasteiger partial charge in [0.1, 0.15) is 11.9 Å². The standard InChI is InChI=1S/C9H15N5O2/c1-4-6-12-7(14-13-6)9(16)11-5(2)8(15)10-3/h5H,4H2,1-3H3,(H,10,15)(H,11,16)(H,12,13,14). The molecule has 0 saturated carbocycles. The largest absolute Gasteiger partial charge is 0.357 e. The lowest BCUT2D eigenvalue weighted by atomic mass is 10.3. The van der Waals surface area contributed by atoms with Crippen LogP contribution in [-0.2, 0) is 11.2 Å². The number of nitrogens with one attached hydrogen (secondary N) is 3. The minimum atomic E-state index is -0.610. The Morgan fingerprint density at radius 2 is 2.19 bits per heavy atom. The maximum atomic E-state index is 11.6. The average Bonchev–Trinajstić information content (AvgIpc) is 2.76. The molecule has 7 heteroatoms. The number of aromatic nitrogens is 3. The molecule has 1 rings (SSSR count). The van der Waals surface area contributed by atoms with Gasteiger partial charge in [0.15, 0.2) is 0 Å². The maximum absolute atomic E-state index is 11.6. The van der Waals surface area contributed by atoms with Crippen LogP contribution >= 0.6 is 0 Å². The van der Waals surface area contributed by atoms with E-state index < -0.39 is 11.9 Å². The van der Waals surface area contributed by atoms with Crippen LogP contribution in [0.15, 0.2) is 0 Å². The second-order valence-corrected chi connectivity index (χ2v) is 3.27. The SMILES string of the molecule is CCc1nc(C(=O)NC(C)C(=O)NC)n[nH]1. The van der Waals surface area contributed by atoms with Gasteiger partial charge in [-0.05, 0) is 6.92 Å². The first-order chi connectivity index (χ1) is 7.58. The Bertz CT molecular complexity index is 387. The molecule has 0 saturated heterocycles. The predicted molar refractivity (Wildman–Crippen MR) is 56.8 cm³/mol. The first-order valence-electron chi connectivity index (χ1n) is 5.02. The molecule has 1 heterocycles. The molecule has 1 aromatic rings. The highest BCUT2D eigenvalue weighted by Crippen LogP contribution is 1.94. The summed E-state index contributed by atoms with van der Waals surface area (Å²) in [6.07, 6.45) is 0.672. The van der Waals surface area contributed by atoms with Crippen molar-refractivity contribution in [1.82, 2.24) is 25.8 Å². The van der Waals surface area contributed by atoms with Crippen LogP contribution in [0.4, 0.5) is 0 Å². The topological polar surface area (TPSA) is 99.8 Å². The molecule has 7 nitrogen and oxygen atoms in total. The van der Waals surface area contributed by atoms with E-state index in [2.05, 4.69) is 25.8 Å². The molecule has 1 unspecified atom stereocenters. The molecule has 0 bridgehead atoms. The third-order valence-corrected chi connectivity index (χ3v) is 2.06. The molecule has 0 radical (unpaired) electrons. The molecule has 1 aromatic heterocycles. The van der Waals surface area contributed by atoms with Crippen molar-refractivity contribution >= 4 is 11.8 Å². The van der Waals surface area contributed by atoms with E-state index in [-0.39, 0.29) is 11.7 Å². The predicted octanol–water partition coefficient (Wildman–Crippen LogP) is -0.769. The molecule has 0 aromatic carbocycles. The molecular formula is C9H15N5O2. The smallest absolute Gasteiger partial charge is 0.291 e. The molecule has 0 fully saturated rings. The van der Waals surface area contributed by atoms with Crippen LogP contribution in [0.3, 0.4) is 0 Å². The van der Waals surface area contributed by atoms with Gasteiger partial charge in [-0.2, -0.15) is 0 Å². The number of hydrogen-bond donors (Lipinski definition) is 3. The van der Waals surface area contributed by atoms with Crippen LogP contribution in [-0.4, -0.2) is 40.1 Å². The lowest BCUT2D eigenvalue weighted by molar-refractivity contribution is -0.122. The third kappa shape index (κ3) is 2.78. The highest BCUT2D eigenvalue weighted by Gasteiger charge is 2.18. The van der Waals surface area contributed by atoms with E-state index in [9.17, 15) is 9.59 Å². The van der Waals surface area contributed by atoms with E-state index in [4.69, 9.17) is 0 Å². The van der Waals surface area contributed by atoms with Crippen LogP contribution in [0.5, 0.6) is 0 Å². The highest BCUT2D eigenvalue weighted by atomic mass is 16.2. The number of rotatable bonds is 4. The minimum Gasteiger partial charge on any atom is -0.357 e. The fourth-order valence-corrected chi connectivity index (χ4v) is 1.10. The summed E-state index contributed by atoms with van der Waals surface area (Å²) in [6.45, 7) is 3.49. The lowest BCUT2D eigenvalue weighted by Crippen LogP contribution is -2.43. The summed E-state index contributed by atoms with van der Waals surface area (Å²) in [5, 5.41) is 11.3. The number of likely N-dealkylation sites (N-methyl/N-ethyl adjacent to an activating group) is 1. The first-order valence-corrected chi connectivity index (χ1v) is 5.02. The number of nitrogens with zero attached hydrogens (tertiary/aromatic N) is 2. The van der Waals surface area contributed by atoms with Crippen molar-refractivity contribution in [2.75, 3.05) is 7.05 Å². The van der Waals surface area contributed by atoms with Crippen molar-refractivity contribution in [3.63, 3.8) is 0 Å². The summed E-state index contributed by atoms with van der Waals surface area (Å²) in [5.41, 5.74) is 0. The van der Waals surface area contributed by atoms with E-state index in [0.29, 0.717) is 12.2 Å². The lowest BCUT2D eigenvalue weighted by Gasteiger charge is -2.10. The fraction of sp³-hybridized carbons (Fsp3) is 0.556. The van der Waals surface area contributed by atoms with Gasteiger partial charge < -0.3 is 10.6 Å². The Hall–Kier alpha value is -1.92. The monoisotopic (exact) mass is 225 g/mol. The van der Waals surface area contributed by atoms with Gasteiger partial charge in [-0.1, -0.05) is 6.92 Å². The average molecular weight is 225 g/mol. The van der Waals surface area contributed by atoms with Crippen molar-refractivity contribution in [2.24, 2.45) is 0 Å². The number of carbonyl (C=O) groups is 2. The van der Waals surface area contributed by atoms with Gasteiger partial charge in [-0.3, -0.25) is 14.7 Å². The van der Waals surface area contributed by atoms with E-state index in [1.807, 2.05) is 6.92 Å². The van der Waals surface area contributed by atoms with E-state index in [1.54, 1.807) is 6.92 Å². The van der Waals surface area contributed by atoms with Crippen molar-refractivity contribution < 1.29 is 9.59 Å². The van der Waals surface area contributed by atoms with Gasteiger partial charge in [0.25, 0.3) is 5.91 Å². The quantitative estimate of drug-likeness (QED) is 0.626. The van der Waals surface area contributed by atoms with Crippen LogP contribution in [0, 0.1) is 0 Å². The van der Waals surface area contributed by atoms with E-state index in [1.165, 1.54) is 7.05 Å². The van der Waals surface area contributed by atoms with Gasteiger partial charge in [0, 0.05) is 13.5 Å². The Labute approximate surface area is 93.0 Å². The van der Waals surface area contributed by atoms with Gasteiger partial charge >= 0.3 is 0 Å². The number of aromatic amines is 1. The summed E-state index contributed by atoms with van der Waals surface area (Å²) in [7, 11) is 1.51. The summed E-state index contributed by atoms with van der Waals surface area (Å²) >= 11 is 0. The summed E-state index contributed by atoms with van der Waals surface area (Å²) in [6, 6.07) is -0.610. The zero-order chi connectivity index (χ0) is 12.1. The number of aryl methyl sites for hydroxylation is 1. The van der Waals surface area contributed by atoms with Gasteiger partial charge in [0.05, 0.1) is 0 Å². The highest BCUT2D eigenvalue weighted by molar-refractivity contribution is 5.94. The molecule has 88 valence electrons. The van der Waals surface area contributed by atoms with Crippen LogP contribution in [0.2, 0.25) is 0 Å². The fourth-order valence-electron chi connectivity index (χ4n) is 1.10. The van der Waals surface area contributed by atoms with Gasteiger partial charge in [0.2, 0.25) is 11.7 Å². The van der Waals surface area contributed by atoms with Gasteiger partial charge in [-0.15, -0.1) is 5.10 Å². The van der Waals surface area contributed by atoms with Crippen LogP contribution < -0.4 is 10.6 Å². The molecule has 0 aliphatic carbocycles. The van der Waals surface area contributed by atoms with Crippen molar-refractivity contribution in [2.45, 2.75) is 26.3 Å². The summed E-state index contributed by atoms with van der Waals surface area (Å²) in [5.74, 6) is -0.0444. The first kappa shape index (κ1) is 12.2. The minimum absolute atomic E-state index is 0.0487. The van der Waals surface area contributed by atoms with Crippen LogP contribution in [0.1, 0.15) is 30.3 Å². The third-order valence-electron chi connectivity index (χ3n) is 2.06. The Balaban J connectivity index is 2.61. The summed E-state index contributed by atoms with van der Waals surface area (Å²) < 4.78 is 0. The molecule has 16 heavy (non-hydrogen) atoms.